The molecule has 19 heavy (non-hydrogen) atoms. The lowest BCUT2D eigenvalue weighted by atomic mass is 10.2. The molecule has 1 fully saturated rings. The first-order chi connectivity index (χ1) is 9.19. The fraction of sp³-hybridized carbons (Fsp3) is 0.500. The highest BCUT2D eigenvalue weighted by atomic mass is 16.5. The summed E-state index contributed by atoms with van der Waals surface area (Å²) in [5.74, 6) is 0. The number of rotatable bonds is 3. The van der Waals surface area contributed by atoms with E-state index >= 15 is 0 Å². The van der Waals surface area contributed by atoms with E-state index in [-0.39, 0.29) is 0 Å². The SMILES string of the molecule is CCOC(=O)Nc1ccc(N2CCN(C)CC2)cc1. The third-order valence-corrected chi connectivity index (χ3v) is 3.26. The minimum atomic E-state index is -0.408. The van der Waals surface area contributed by atoms with E-state index in [1.165, 1.54) is 5.69 Å². The van der Waals surface area contributed by atoms with Crippen LogP contribution in [0.1, 0.15) is 6.92 Å². The normalized spacial score (nSPS) is 16.2. The molecular formula is C14H21N3O2. The number of likely N-dealkylation sites (N-methyl/N-ethyl adjacent to an activating group) is 1. The number of anilines is 2. The summed E-state index contributed by atoms with van der Waals surface area (Å²) in [7, 11) is 2.14. The molecule has 0 saturated carbocycles. The molecule has 1 saturated heterocycles. The molecule has 1 amide bonds. The maximum absolute atomic E-state index is 11.3. The monoisotopic (exact) mass is 263 g/mol. The zero-order chi connectivity index (χ0) is 13.7. The van der Waals surface area contributed by atoms with Gasteiger partial charge in [-0.05, 0) is 38.2 Å². The minimum absolute atomic E-state index is 0.380. The zero-order valence-corrected chi connectivity index (χ0v) is 11.6. The van der Waals surface area contributed by atoms with Crippen LogP contribution in [-0.4, -0.2) is 50.8 Å². The number of nitrogens with one attached hydrogen (secondary N) is 1. The summed E-state index contributed by atoms with van der Waals surface area (Å²) in [6.07, 6.45) is -0.408. The Hall–Kier alpha value is -1.75. The summed E-state index contributed by atoms with van der Waals surface area (Å²) in [4.78, 5) is 16.0. The summed E-state index contributed by atoms with van der Waals surface area (Å²) in [6.45, 7) is 6.43. The molecule has 0 radical (unpaired) electrons. The molecule has 5 heteroatoms. The molecule has 0 aliphatic carbocycles. The van der Waals surface area contributed by atoms with Crippen LogP contribution in [0.15, 0.2) is 24.3 Å². The van der Waals surface area contributed by atoms with E-state index in [1.807, 2.05) is 24.3 Å². The maximum Gasteiger partial charge on any atom is 0.411 e. The molecule has 1 aromatic carbocycles. The third-order valence-electron chi connectivity index (χ3n) is 3.26. The van der Waals surface area contributed by atoms with Gasteiger partial charge in [-0.1, -0.05) is 0 Å². The molecule has 104 valence electrons. The van der Waals surface area contributed by atoms with Gasteiger partial charge in [0.2, 0.25) is 0 Å². The minimum Gasteiger partial charge on any atom is -0.450 e. The molecule has 0 atom stereocenters. The fourth-order valence-electron chi connectivity index (χ4n) is 2.11. The molecule has 0 spiro atoms. The van der Waals surface area contributed by atoms with Gasteiger partial charge in [0, 0.05) is 37.6 Å². The number of carbonyl (C=O) groups excluding carboxylic acids is 1. The second-order valence-corrected chi connectivity index (χ2v) is 4.68. The van der Waals surface area contributed by atoms with Crippen molar-refractivity contribution in [1.29, 1.82) is 0 Å². The molecule has 0 bridgehead atoms. The first-order valence-electron chi connectivity index (χ1n) is 6.66. The standard InChI is InChI=1S/C14H21N3O2/c1-3-19-14(18)15-12-4-6-13(7-5-12)17-10-8-16(2)9-11-17/h4-7H,3,8-11H2,1-2H3,(H,15,18). The molecule has 1 aliphatic rings. The number of carbonyl (C=O) groups is 1. The van der Waals surface area contributed by atoms with Crippen LogP contribution in [-0.2, 0) is 4.74 Å². The van der Waals surface area contributed by atoms with Crippen molar-refractivity contribution >= 4 is 17.5 Å². The zero-order valence-electron chi connectivity index (χ0n) is 11.6. The van der Waals surface area contributed by atoms with Gasteiger partial charge >= 0.3 is 6.09 Å². The van der Waals surface area contributed by atoms with E-state index in [2.05, 4.69) is 22.2 Å². The van der Waals surface area contributed by atoms with Crippen molar-refractivity contribution in [3.8, 4) is 0 Å². The van der Waals surface area contributed by atoms with E-state index in [1.54, 1.807) is 6.92 Å². The Morgan fingerprint density at radius 3 is 2.42 bits per heavy atom. The predicted octanol–water partition coefficient (Wildman–Crippen LogP) is 2.01. The molecule has 5 nitrogen and oxygen atoms in total. The molecule has 1 heterocycles. The van der Waals surface area contributed by atoms with Gasteiger partial charge in [0.1, 0.15) is 0 Å². The molecular weight excluding hydrogens is 242 g/mol. The Morgan fingerprint density at radius 2 is 1.84 bits per heavy atom. The van der Waals surface area contributed by atoms with Crippen molar-refractivity contribution in [3.63, 3.8) is 0 Å². The average Bonchev–Trinajstić information content (AvgIpc) is 2.41. The highest BCUT2D eigenvalue weighted by Gasteiger charge is 2.14. The number of nitrogens with zero attached hydrogens (tertiary/aromatic N) is 2. The molecule has 1 aliphatic heterocycles. The first-order valence-corrected chi connectivity index (χ1v) is 6.66. The molecule has 2 rings (SSSR count). The third kappa shape index (κ3) is 3.86. The van der Waals surface area contributed by atoms with Gasteiger partial charge in [0.15, 0.2) is 0 Å². The largest absolute Gasteiger partial charge is 0.450 e. The van der Waals surface area contributed by atoms with Gasteiger partial charge in [0.25, 0.3) is 0 Å². The van der Waals surface area contributed by atoms with Crippen LogP contribution >= 0.6 is 0 Å². The summed E-state index contributed by atoms with van der Waals surface area (Å²) in [5.41, 5.74) is 1.96. The van der Waals surface area contributed by atoms with E-state index < -0.39 is 6.09 Å². The van der Waals surface area contributed by atoms with Gasteiger partial charge in [-0.25, -0.2) is 4.79 Å². The van der Waals surface area contributed by atoms with Gasteiger partial charge in [-0.2, -0.15) is 0 Å². The van der Waals surface area contributed by atoms with Gasteiger partial charge in [-0.3, -0.25) is 5.32 Å². The second kappa shape index (κ2) is 6.43. The lowest BCUT2D eigenvalue weighted by molar-refractivity contribution is 0.168. The Morgan fingerprint density at radius 1 is 1.21 bits per heavy atom. The van der Waals surface area contributed by atoms with Crippen molar-refractivity contribution in [3.05, 3.63) is 24.3 Å². The van der Waals surface area contributed by atoms with Gasteiger partial charge < -0.3 is 14.5 Å². The summed E-state index contributed by atoms with van der Waals surface area (Å²) >= 11 is 0. The number of piperazine rings is 1. The second-order valence-electron chi connectivity index (χ2n) is 4.68. The lowest BCUT2D eigenvalue weighted by Crippen LogP contribution is -2.44. The average molecular weight is 263 g/mol. The highest BCUT2D eigenvalue weighted by molar-refractivity contribution is 5.84. The summed E-state index contributed by atoms with van der Waals surface area (Å²) in [6, 6.07) is 7.88. The predicted molar refractivity (Wildman–Crippen MR) is 76.8 cm³/mol. The Labute approximate surface area is 114 Å². The van der Waals surface area contributed by atoms with Crippen molar-refractivity contribution in [2.24, 2.45) is 0 Å². The van der Waals surface area contributed by atoms with E-state index in [4.69, 9.17) is 4.74 Å². The van der Waals surface area contributed by atoms with Crippen LogP contribution in [0, 0.1) is 0 Å². The number of hydrogen-bond donors (Lipinski definition) is 1. The topological polar surface area (TPSA) is 44.8 Å². The number of hydrogen-bond acceptors (Lipinski definition) is 4. The Balaban J connectivity index is 1.92. The summed E-state index contributed by atoms with van der Waals surface area (Å²) < 4.78 is 4.84. The van der Waals surface area contributed by atoms with Crippen molar-refractivity contribution in [2.75, 3.05) is 50.1 Å². The van der Waals surface area contributed by atoms with Crippen LogP contribution in [0.5, 0.6) is 0 Å². The van der Waals surface area contributed by atoms with Gasteiger partial charge in [-0.15, -0.1) is 0 Å². The van der Waals surface area contributed by atoms with E-state index in [0.717, 1.165) is 31.9 Å². The van der Waals surface area contributed by atoms with Crippen LogP contribution in [0.2, 0.25) is 0 Å². The van der Waals surface area contributed by atoms with E-state index in [0.29, 0.717) is 6.61 Å². The number of amides is 1. The van der Waals surface area contributed by atoms with Crippen LogP contribution in [0.3, 0.4) is 0 Å². The molecule has 0 aromatic heterocycles. The summed E-state index contributed by atoms with van der Waals surface area (Å²) in [5, 5.41) is 2.69. The smallest absolute Gasteiger partial charge is 0.411 e. The quantitative estimate of drug-likeness (QED) is 0.906. The molecule has 1 N–H and O–H groups in total. The number of ether oxygens (including phenoxy) is 1. The van der Waals surface area contributed by atoms with Crippen LogP contribution in [0.4, 0.5) is 16.2 Å². The van der Waals surface area contributed by atoms with Crippen molar-refractivity contribution in [2.45, 2.75) is 6.92 Å². The lowest BCUT2D eigenvalue weighted by Gasteiger charge is -2.34. The van der Waals surface area contributed by atoms with Gasteiger partial charge in [0.05, 0.1) is 6.61 Å². The molecule has 1 aromatic rings. The first kappa shape index (κ1) is 13.7. The highest BCUT2D eigenvalue weighted by Crippen LogP contribution is 2.19. The van der Waals surface area contributed by atoms with Crippen LogP contribution in [0.25, 0.3) is 0 Å². The maximum atomic E-state index is 11.3. The Kier molecular flexibility index (Phi) is 4.63. The molecule has 0 unspecified atom stereocenters. The van der Waals surface area contributed by atoms with Crippen molar-refractivity contribution in [1.82, 2.24) is 4.90 Å². The Bertz CT molecular complexity index is 411. The van der Waals surface area contributed by atoms with Crippen LogP contribution < -0.4 is 10.2 Å². The van der Waals surface area contributed by atoms with Crippen molar-refractivity contribution < 1.29 is 9.53 Å². The number of benzene rings is 1. The fourth-order valence-corrected chi connectivity index (χ4v) is 2.11. The van der Waals surface area contributed by atoms with E-state index in [9.17, 15) is 4.79 Å².